The van der Waals surface area contributed by atoms with E-state index in [-0.39, 0.29) is 39.3 Å². The quantitative estimate of drug-likeness (QED) is 0.0724. The fourth-order valence-corrected chi connectivity index (χ4v) is 7.10. The summed E-state index contributed by atoms with van der Waals surface area (Å²) in [5.74, 6) is -4.32. The zero-order valence-electron chi connectivity index (χ0n) is 22.9. The second-order valence-electron chi connectivity index (χ2n) is 9.18. The number of carbonyl (C=O) groups is 5. The SMILES string of the molecule is Cn1nnnc1SCC1=C(C(=O)O)N2C(=O)C(NC(=O)C(=NOCC(=O)Nc3ccccc3C(=O)O)c3csc(N)n3)[C@H]2SC1. The Kier molecular flexibility index (Phi) is 9.29. The summed E-state index contributed by atoms with van der Waals surface area (Å²) in [5, 5.41) is 40.4. The van der Waals surface area contributed by atoms with E-state index in [1.807, 2.05) is 0 Å². The number of nitrogens with zero attached hydrogens (tertiary/aromatic N) is 7. The molecule has 0 radical (unpaired) electrons. The minimum atomic E-state index is -1.29. The number of carbonyl (C=O) groups excluding carboxylic acids is 3. The molecule has 6 N–H and O–H groups in total. The molecule has 5 rings (SSSR count). The van der Waals surface area contributed by atoms with Crippen LogP contribution in [0.1, 0.15) is 16.1 Å². The second kappa shape index (κ2) is 13.3. The lowest BCUT2D eigenvalue weighted by Crippen LogP contribution is -2.71. The van der Waals surface area contributed by atoms with Crippen LogP contribution in [0.15, 0.2) is 51.2 Å². The summed E-state index contributed by atoms with van der Waals surface area (Å²) < 4.78 is 1.44. The molecular weight excluding hydrogens is 653 g/mol. The average Bonchev–Trinajstić information content (AvgIpc) is 3.63. The first-order valence-corrected chi connectivity index (χ1v) is 15.6. The number of aromatic carboxylic acids is 1. The molecule has 0 bridgehead atoms. The van der Waals surface area contributed by atoms with Crippen LogP contribution in [0.4, 0.5) is 10.8 Å². The number of hydrogen-bond donors (Lipinski definition) is 5. The predicted octanol–water partition coefficient (Wildman–Crippen LogP) is -0.163. The standard InChI is InChI=1S/C24H22N10O8S3/c1-33-24(29-31-32-33)45-8-10-7-43-20-16(19(37)34(20)17(10)22(40)41)28-18(36)15(13-9-44-23(25)27-13)30-42-6-14(35)26-12-5-3-2-4-11(12)21(38)39/h2-5,9,16,20H,6-8H2,1H3,(H2,25,27)(H,26,35)(H,28,36)(H,38,39)(H,40,41)/t16?,20-/m1/s1. The smallest absolute Gasteiger partial charge is 0.352 e. The van der Waals surface area contributed by atoms with Gasteiger partial charge in [0.15, 0.2) is 17.5 Å². The third-order valence-corrected chi connectivity index (χ3v) is 9.37. The van der Waals surface area contributed by atoms with E-state index in [4.69, 9.17) is 10.6 Å². The molecule has 4 heterocycles. The van der Waals surface area contributed by atoms with Crippen LogP contribution in [-0.2, 0) is 31.1 Å². The number of β-lactam (4-membered cyclic amide) rings is 1. The van der Waals surface area contributed by atoms with Gasteiger partial charge in [0.1, 0.15) is 22.8 Å². The zero-order chi connectivity index (χ0) is 32.2. The highest BCUT2D eigenvalue weighted by Crippen LogP contribution is 2.41. The van der Waals surface area contributed by atoms with Crippen molar-refractivity contribution in [2.45, 2.75) is 16.6 Å². The maximum atomic E-state index is 13.3. The van der Waals surface area contributed by atoms with Crippen molar-refractivity contribution < 1.29 is 39.0 Å². The summed E-state index contributed by atoms with van der Waals surface area (Å²) in [5.41, 5.74) is 5.56. The maximum absolute atomic E-state index is 13.3. The van der Waals surface area contributed by atoms with E-state index in [2.05, 4.69) is 36.3 Å². The van der Waals surface area contributed by atoms with E-state index in [1.165, 1.54) is 57.9 Å². The molecule has 21 heteroatoms. The van der Waals surface area contributed by atoms with Crippen LogP contribution in [0.3, 0.4) is 0 Å². The Morgan fingerprint density at radius 1 is 1.22 bits per heavy atom. The Hall–Kier alpha value is -5.02. The van der Waals surface area contributed by atoms with Crippen molar-refractivity contribution in [3.05, 3.63) is 52.2 Å². The van der Waals surface area contributed by atoms with E-state index in [0.29, 0.717) is 10.7 Å². The highest BCUT2D eigenvalue weighted by atomic mass is 32.2. The molecule has 18 nitrogen and oxygen atoms in total. The lowest BCUT2D eigenvalue weighted by Gasteiger charge is -2.49. The van der Waals surface area contributed by atoms with Gasteiger partial charge in [-0.3, -0.25) is 19.3 Å². The van der Waals surface area contributed by atoms with Gasteiger partial charge in [-0.2, -0.15) is 0 Å². The first kappa shape index (κ1) is 31.4. The van der Waals surface area contributed by atoms with E-state index >= 15 is 0 Å². The van der Waals surface area contributed by atoms with Crippen LogP contribution < -0.4 is 16.4 Å². The molecule has 2 atom stereocenters. The number of aryl methyl sites for hydroxylation is 1. The number of rotatable bonds is 12. The number of anilines is 2. The first-order valence-electron chi connectivity index (χ1n) is 12.6. The molecule has 3 amide bonds. The van der Waals surface area contributed by atoms with Gasteiger partial charge >= 0.3 is 11.9 Å². The predicted molar refractivity (Wildman–Crippen MR) is 160 cm³/mol. The lowest BCUT2D eigenvalue weighted by atomic mass is 10.0. The highest BCUT2D eigenvalue weighted by molar-refractivity contribution is 8.01. The van der Waals surface area contributed by atoms with Crippen LogP contribution >= 0.6 is 34.9 Å². The van der Waals surface area contributed by atoms with Gasteiger partial charge in [0, 0.05) is 23.9 Å². The summed E-state index contributed by atoms with van der Waals surface area (Å²) in [6.07, 6.45) is 0. The number of carboxylic acids is 2. The minimum absolute atomic E-state index is 0.00949. The number of carboxylic acid groups (broad SMARTS) is 2. The highest BCUT2D eigenvalue weighted by Gasteiger charge is 2.54. The Bertz CT molecular complexity index is 1760. The molecule has 1 fully saturated rings. The molecule has 1 saturated heterocycles. The molecule has 2 aliphatic rings. The first-order chi connectivity index (χ1) is 21.5. The molecule has 0 saturated carbocycles. The molecule has 45 heavy (non-hydrogen) atoms. The topological polar surface area (TPSA) is 257 Å². The number of tetrazole rings is 1. The third kappa shape index (κ3) is 6.73. The number of thiazole rings is 1. The Labute approximate surface area is 265 Å². The summed E-state index contributed by atoms with van der Waals surface area (Å²) in [4.78, 5) is 72.7. The number of oxime groups is 1. The van der Waals surface area contributed by atoms with Gasteiger partial charge in [-0.15, -0.1) is 28.2 Å². The summed E-state index contributed by atoms with van der Waals surface area (Å²) in [7, 11) is 1.64. The zero-order valence-corrected chi connectivity index (χ0v) is 25.4. The molecule has 0 aliphatic carbocycles. The van der Waals surface area contributed by atoms with Crippen LogP contribution in [0.2, 0.25) is 0 Å². The Balaban J connectivity index is 1.27. The summed E-state index contributed by atoms with van der Waals surface area (Å²) >= 11 is 3.50. The average molecular weight is 675 g/mol. The molecule has 2 aromatic heterocycles. The third-order valence-electron chi connectivity index (χ3n) is 6.26. The van der Waals surface area contributed by atoms with Gasteiger partial charge in [0.2, 0.25) is 5.16 Å². The number of aromatic nitrogens is 5. The van der Waals surface area contributed by atoms with Crippen molar-refractivity contribution in [1.29, 1.82) is 0 Å². The fraction of sp³-hybridized carbons (Fsp3) is 0.250. The molecular formula is C24H22N10O8S3. The van der Waals surface area contributed by atoms with Crippen molar-refractivity contribution >= 4 is 81.1 Å². The molecule has 3 aromatic rings. The van der Waals surface area contributed by atoms with Gasteiger partial charge in [0.05, 0.1) is 11.3 Å². The van der Waals surface area contributed by atoms with Gasteiger partial charge in [-0.1, -0.05) is 29.1 Å². The van der Waals surface area contributed by atoms with Crippen molar-refractivity contribution in [3.8, 4) is 0 Å². The number of amides is 3. The Morgan fingerprint density at radius 3 is 2.67 bits per heavy atom. The second-order valence-corrected chi connectivity index (χ2v) is 12.1. The largest absolute Gasteiger partial charge is 0.478 e. The molecule has 0 spiro atoms. The number of nitrogen functional groups attached to an aromatic ring is 1. The number of para-hydroxylation sites is 1. The number of hydrogen-bond acceptors (Lipinski definition) is 15. The van der Waals surface area contributed by atoms with Crippen molar-refractivity contribution in [1.82, 2.24) is 35.4 Å². The number of aliphatic carboxylic acids is 1. The van der Waals surface area contributed by atoms with Crippen molar-refractivity contribution in [2.75, 3.05) is 29.2 Å². The summed E-state index contributed by atoms with van der Waals surface area (Å²) in [6.45, 7) is -0.697. The minimum Gasteiger partial charge on any atom is -0.478 e. The molecule has 1 aromatic carbocycles. The van der Waals surface area contributed by atoms with Gasteiger partial charge in [-0.25, -0.2) is 19.3 Å². The number of benzene rings is 1. The number of thioether (sulfide) groups is 2. The molecule has 234 valence electrons. The van der Waals surface area contributed by atoms with Crippen molar-refractivity contribution in [3.63, 3.8) is 0 Å². The van der Waals surface area contributed by atoms with Crippen molar-refractivity contribution in [2.24, 2.45) is 12.2 Å². The maximum Gasteiger partial charge on any atom is 0.352 e. The molecule has 1 unspecified atom stereocenters. The van der Waals surface area contributed by atoms with Gasteiger partial charge < -0.3 is 31.4 Å². The number of nitrogens with two attached hydrogens (primary N) is 1. The normalized spacial score (nSPS) is 17.8. The van der Waals surface area contributed by atoms with Crippen LogP contribution in [0.5, 0.6) is 0 Å². The lowest BCUT2D eigenvalue weighted by molar-refractivity contribution is -0.150. The van der Waals surface area contributed by atoms with Crippen LogP contribution in [0.25, 0.3) is 0 Å². The van der Waals surface area contributed by atoms with E-state index in [0.717, 1.165) is 16.2 Å². The van der Waals surface area contributed by atoms with E-state index < -0.39 is 53.4 Å². The van der Waals surface area contributed by atoms with Gasteiger partial charge in [0.25, 0.3) is 17.7 Å². The van der Waals surface area contributed by atoms with E-state index in [9.17, 15) is 34.2 Å². The summed E-state index contributed by atoms with van der Waals surface area (Å²) in [6, 6.07) is 4.65. The van der Waals surface area contributed by atoms with Crippen LogP contribution in [-0.4, -0.2) is 105 Å². The van der Waals surface area contributed by atoms with Gasteiger partial charge in [-0.05, 0) is 28.1 Å². The number of nitrogens with one attached hydrogen (secondary N) is 2. The van der Waals surface area contributed by atoms with E-state index in [1.54, 1.807) is 7.05 Å². The molecule has 2 aliphatic heterocycles. The monoisotopic (exact) mass is 674 g/mol. The fourth-order valence-electron chi connectivity index (χ4n) is 4.22. The number of fused-ring (bicyclic) bond motifs is 1. The Morgan fingerprint density at radius 2 is 2.00 bits per heavy atom. The van der Waals surface area contributed by atoms with Crippen LogP contribution in [0, 0.1) is 0 Å².